The van der Waals surface area contributed by atoms with Gasteiger partial charge in [-0.25, -0.2) is 0 Å². The number of pyridine rings is 1. The lowest BCUT2D eigenvalue weighted by molar-refractivity contribution is -0.122. The quantitative estimate of drug-likeness (QED) is 0.669. The number of aromatic nitrogens is 3. The van der Waals surface area contributed by atoms with Gasteiger partial charge in [0, 0.05) is 39.4 Å². The molecular weight excluding hydrogens is 364 g/mol. The second kappa shape index (κ2) is 9.09. The minimum absolute atomic E-state index is 0.0122. The molecule has 0 spiro atoms. The number of carboxylic acid groups (broad SMARTS) is 1. The van der Waals surface area contributed by atoms with Crippen molar-refractivity contribution in [2.75, 3.05) is 46.4 Å². The van der Waals surface area contributed by atoms with Crippen molar-refractivity contribution in [2.24, 2.45) is 7.05 Å². The Morgan fingerprint density at radius 2 is 1.96 bits per heavy atom. The first-order valence-electron chi connectivity index (χ1n) is 9.20. The van der Waals surface area contributed by atoms with Crippen molar-refractivity contribution in [1.29, 1.82) is 0 Å². The van der Waals surface area contributed by atoms with E-state index in [1.807, 2.05) is 13.1 Å². The third-order valence-corrected chi connectivity index (χ3v) is 5.24. The van der Waals surface area contributed by atoms with Crippen LogP contribution in [0.5, 0.6) is 0 Å². The van der Waals surface area contributed by atoms with Gasteiger partial charge in [0.15, 0.2) is 0 Å². The van der Waals surface area contributed by atoms with Gasteiger partial charge in [-0.05, 0) is 13.1 Å². The Balaban J connectivity index is 0.000000706. The first kappa shape index (κ1) is 20.2. The van der Waals surface area contributed by atoms with E-state index in [9.17, 15) is 4.79 Å². The summed E-state index contributed by atoms with van der Waals surface area (Å²) in [5, 5.41) is 14.2. The predicted octanol–water partition coefficient (Wildman–Crippen LogP) is -0.586. The van der Waals surface area contributed by atoms with Gasteiger partial charge in [-0.2, -0.15) is 5.10 Å². The highest BCUT2D eigenvalue weighted by Crippen LogP contribution is 2.17. The minimum atomic E-state index is -0.250. The molecule has 2 aromatic rings. The number of hydrogen-bond donors (Lipinski definition) is 2. The van der Waals surface area contributed by atoms with E-state index in [0.29, 0.717) is 18.8 Å². The number of carbonyl (C=O) groups is 2. The molecule has 2 aliphatic rings. The molecule has 2 saturated heterocycles. The summed E-state index contributed by atoms with van der Waals surface area (Å²) in [5.74, 6) is -0.106. The zero-order chi connectivity index (χ0) is 20.1. The molecule has 2 atom stereocenters. The number of carbonyl (C=O) groups excluding carboxylic acids is 1. The van der Waals surface area contributed by atoms with Gasteiger partial charge >= 0.3 is 0 Å². The van der Waals surface area contributed by atoms with Crippen LogP contribution in [0.1, 0.15) is 10.4 Å². The van der Waals surface area contributed by atoms with Crippen LogP contribution in [0.25, 0.3) is 11.0 Å². The molecule has 2 aliphatic heterocycles. The Labute approximate surface area is 163 Å². The maximum atomic E-state index is 12.7. The molecule has 2 fully saturated rings. The Morgan fingerprint density at radius 3 is 2.68 bits per heavy atom. The van der Waals surface area contributed by atoms with E-state index >= 15 is 0 Å². The molecule has 152 valence electrons. The molecular formula is C18H26N6O4. The van der Waals surface area contributed by atoms with Crippen LogP contribution in [-0.4, -0.2) is 101 Å². The highest BCUT2D eigenvalue weighted by molar-refractivity contribution is 5.96. The number of fused-ring (bicyclic) bond motifs is 1. The highest BCUT2D eigenvalue weighted by atomic mass is 16.5. The first-order chi connectivity index (χ1) is 13.5. The summed E-state index contributed by atoms with van der Waals surface area (Å²) in [5.41, 5.74) is 2.20. The number of piperazine rings is 1. The summed E-state index contributed by atoms with van der Waals surface area (Å²) in [4.78, 5) is 30.1. The van der Waals surface area contributed by atoms with E-state index < -0.39 is 0 Å². The van der Waals surface area contributed by atoms with Crippen molar-refractivity contribution in [1.82, 2.24) is 29.9 Å². The zero-order valence-corrected chi connectivity index (χ0v) is 16.1. The van der Waals surface area contributed by atoms with E-state index in [1.54, 1.807) is 17.1 Å². The molecule has 0 bridgehead atoms. The van der Waals surface area contributed by atoms with Crippen LogP contribution in [0.15, 0.2) is 18.5 Å². The topological polar surface area (TPSA) is 113 Å². The summed E-state index contributed by atoms with van der Waals surface area (Å²) in [6.45, 7) is 5.12. The standard InChI is InChI=1S/C17H24N6O2.CH2O2/c1-21-3-5-23(6-4-21)16-11-25-10-14(16)20-17(24)12-7-15-13(18-8-12)9-19-22(15)2;2-1-3/h7-9,14,16H,3-6,10-11H2,1-2H3,(H,20,24);1H,(H,2,3)/t14-,16-;/m0./s1. The van der Waals surface area contributed by atoms with Crippen LogP contribution in [-0.2, 0) is 16.6 Å². The number of amides is 1. The maximum Gasteiger partial charge on any atom is 0.290 e. The van der Waals surface area contributed by atoms with E-state index in [2.05, 4.69) is 32.2 Å². The molecule has 28 heavy (non-hydrogen) atoms. The molecule has 0 unspecified atom stereocenters. The number of nitrogens with zero attached hydrogens (tertiary/aromatic N) is 5. The largest absolute Gasteiger partial charge is 0.483 e. The Bertz CT molecular complexity index is 818. The van der Waals surface area contributed by atoms with Crippen molar-refractivity contribution in [3.8, 4) is 0 Å². The van der Waals surface area contributed by atoms with Crippen LogP contribution in [0.4, 0.5) is 0 Å². The fourth-order valence-electron chi connectivity index (χ4n) is 3.60. The van der Waals surface area contributed by atoms with Crippen molar-refractivity contribution in [3.05, 3.63) is 24.0 Å². The Morgan fingerprint density at radius 1 is 1.25 bits per heavy atom. The predicted molar refractivity (Wildman–Crippen MR) is 102 cm³/mol. The highest BCUT2D eigenvalue weighted by Gasteiger charge is 2.35. The van der Waals surface area contributed by atoms with Crippen LogP contribution >= 0.6 is 0 Å². The number of nitrogens with one attached hydrogen (secondary N) is 1. The number of rotatable bonds is 3. The number of hydrogen-bond acceptors (Lipinski definition) is 7. The average molecular weight is 390 g/mol. The van der Waals surface area contributed by atoms with Crippen LogP contribution in [0.3, 0.4) is 0 Å². The van der Waals surface area contributed by atoms with Gasteiger partial charge in [-0.15, -0.1) is 0 Å². The van der Waals surface area contributed by atoms with Crippen molar-refractivity contribution < 1.29 is 19.4 Å². The summed E-state index contributed by atoms with van der Waals surface area (Å²) >= 11 is 0. The normalized spacial score (nSPS) is 23.2. The number of likely N-dealkylation sites (N-methyl/N-ethyl adjacent to an activating group) is 1. The Hall–Kier alpha value is -2.56. The molecule has 2 N–H and O–H groups in total. The third kappa shape index (κ3) is 4.46. The van der Waals surface area contributed by atoms with Crippen molar-refractivity contribution >= 4 is 23.4 Å². The van der Waals surface area contributed by atoms with Crippen molar-refractivity contribution in [3.63, 3.8) is 0 Å². The van der Waals surface area contributed by atoms with Gasteiger partial charge in [0.1, 0.15) is 5.52 Å². The van der Waals surface area contributed by atoms with Gasteiger partial charge in [0.05, 0.1) is 42.6 Å². The summed E-state index contributed by atoms with van der Waals surface area (Å²) < 4.78 is 7.39. The number of ether oxygens (including phenoxy) is 1. The van der Waals surface area contributed by atoms with Gasteiger partial charge < -0.3 is 20.1 Å². The molecule has 1 amide bonds. The summed E-state index contributed by atoms with van der Waals surface area (Å²) in [6, 6.07) is 2.09. The van der Waals surface area contributed by atoms with Gasteiger partial charge in [-0.3, -0.25) is 24.2 Å². The molecule has 0 saturated carbocycles. The SMILES string of the molecule is CN1CCN([C@H]2COC[C@@H]2NC(=O)c2cnc3cnn(C)c3c2)CC1.O=CO. The van der Waals surface area contributed by atoms with Crippen LogP contribution in [0.2, 0.25) is 0 Å². The van der Waals surface area contributed by atoms with Crippen LogP contribution < -0.4 is 5.32 Å². The van der Waals surface area contributed by atoms with E-state index in [-0.39, 0.29) is 24.5 Å². The molecule has 4 heterocycles. The molecule has 4 rings (SSSR count). The second-order valence-electron chi connectivity index (χ2n) is 7.03. The Kier molecular flexibility index (Phi) is 6.55. The molecule has 10 heteroatoms. The molecule has 0 radical (unpaired) electrons. The van der Waals surface area contributed by atoms with E-state index in [1.165, 1.54) is 0 Å². The average Bonchev–Trinajstić information content (AvgIpc) is 3.30. The monoisotopic (exact) mass is 390 g/mol. The minimum Gasteiger partial charge on any atom is -0.483 e. The van der Waals surface area contributed by atoms with Gasteiger partial charge in [0.25, 0.3) is 12.4 Å². The van der Waals surface area contributed by atoms with E-state index in [4.69, 9.17) is 14.6 Å². The summed E-state index contributed by atoms with van der Waals surface area (Å²) in [7, 11) is 3.99. The lowest BCUT2D eigenvalue weighted by Gasteiger charge is -2.38. The molecule has 2 aromatic heterocycles. The lowest BCUT2D eigenvalue weighted by Crippen LogP contribution is -2.56. The third-order valence-electron chi connectivity index (χ3n) is 5.24. The smallest absolute Gasteiger partial charge is 0.290 e. The van der Waals surface area contributed by atoms with Crippen LogP contribution in [0, 0.1) is 0 Å². The summed E-state index contributed by atoms with van der Waals surface area (Å²) in [6.07, 6.45) is 3.31. The molecule has 0 aliphatic carbocycles. The molecule has 10 nitrogen and oxygen atoms in total. The van der Waals surface area contributed by atoms with Gasteiger partial charge in [0.2, 0.25) is 0 Å². The number of aryl methyl sites for hydroxylation is 1. The maximum absolute atomic E-state index is 12.7. The van der Waals surface area contributed by atoms with Crippen molar-refractivity contribution in [2.45, 2.75) is 12.1 Å². The second-order valence-corrected chi connectivity index (χ2v) is 7.03. The van der Waals surface area contributed by atoms with E-state index in [0.717, 1.165) is 37.2 Å². The fraction of sp³-hybridized carbons (Fsp3) is 0.556. The lowest BCUT2D eigenvalue weighted by atomic mass is 10.1. The fourth-order valence-corrected chi connectivity index (χ4v) is 3.60. The van der Waals surface area contributed by atoms with Gasteiger partial charge in [-0.1, -0.05) is 0 Å². The first-order valence-corrected chi connectivity index (χ1v) is 9.20. The zero-order valence-electron chi connectivity index (χ0n) is 16.1. The molecule has 0 aromatic carbocycles.